The molecule has 0 atom stereocenters. The lowest BCUT2D eigenvalue weighted by molar-refractivity contribution is 0.304. The van der Waals surface area contributed by atoms with Crippen molar-refractivity contribution in [2.75, 3.05) is 0 Å². The Kier molecular flexibility index (Phi) is 5.37. The SMILES string of the molecule is c1cc(-c2ccc(C3(c4ccc(OCc5nccs5)cc4)CCCCC3)cc2)[nH]n1. The van der Waals surface area contributed by atoms with E-state index in [9.17, 15) is 0 Å². The minimum Gasteiger partial charge on any atom is -0.486 e. The van der Waals surface area contributed by atoms with E-state index in [0.717, 1.165) is 16.5 Å². The van der Waals surface area contributed by atoms with E-state index in [0.29, 0.717) is 6.61 Å². The molecule has 1 aliphatic rings. The number of nitrogens with zero attached hydrogens (tertiary/aromatic N) is 2. The van der Waals surface area contributed by atoms with E-state index < -0.39 is 0 Å². The Hall–Kier alpha value is -2.92. The third-order valence-corrected chi connectivity index (χ3v) is 6.96. The van der Waals surface area contributed by atoms with Gasteiger partial charge in [0.05, 0.1) is 5.69 Å². The molecule has 4 aromatic rings. The third kappa shape index (κ3) is 3.77. The highest BCUT2D eigenvalue weighted by molar-refractivity contribution is 7.09. The van der Waals surface area contributed by atoms with Crippen LogP contribution in [0.25, 0.3) is 11.3 Å². The van der Waals surface area contributed by atoms with E-state index >= 15 is 0 Å². The van der Waals surface area contributed by atoms with E-state index in [4.69, 9.17) is 4.74 Å². The van der Waals surface area contributed by atoms with Crippen molar-refractivity contribution in [3.05, 3.63) is 88.5 Å². The van der Waals surface area contributed by atoms with Gasteiger partial charge in [0.1, 0.15) is 17.4 Å². The molecule has 0 saturated heterocycles. The molecule has 0 radical (unpaired) electrons. The molecule has 1 aliphatic carbocycles. The normalized spacial score (nSPS) is 15.7. The third-order valence-electron chi connectivity index (χ3n) is 6.21. The molecule has 1 saturated carbocycles. The van der Waals surface area contributed by atoms with Crippen LogP contribution in [0.5, 0.6) is 5.75 Å². The Bertz CT molecular complexity index is 1050. The zero-order valence-corrected chi connectivity index (χ0v) is 17.7. The Morgan fingerprint density at radius 1 is 0.867 bits per heavy atom. The number of thiazole rings is 1. The fraction of sp³-hybridized carbons (Fsp3) is 0.280. The van der Waals surface area contributed by atoms with E-state index in [2.05, 4.69) is 63.7 Å². The number of aromatic nitrogens is 3. The van der Waals surface area contributed by atoms with Crippen LogP contribution >= 0.6 is 11.3 Å². The van der Waals surface area contributed by atoms with Gasteiger partial charge in [-0.3, -0.25) is 5.10 Å². The molecule has 0 spiro atoms. The summed E-state index contributed by atoms with van der Waals surface area (Å²) in [4.78, 5) is 4.29. The van der Waals surface area contributed by atoms with E-state index in [1.807, 2.05) is 17.6 Å². The summed E-state index contributed by atoms with van der Waals surface area (Å²) in [5.74, 6) is 0.898. The molecule has 2 heterocycles. The lowest BCUT2D eigenvalue weighted by Gasteiger charge is -2.39. The van der Waals surface area contributed by atoms with E-state index in [1.54, 1.807) is 17.5 Å². The van der Waals surface area contributed by atoms with Crippen LogP contribution < -0.4 is 4.74 Å². The van der Waals surface area contributed by atoms with Gasteiger partial charge < -0.3 is 4.74 Å². The molecule has 0 aliphatic heterocycles. The first kappa shape index (κ1) is 19.1. The summed E-state index contributed by atoms with van der Waals surface area (Å²) in [5.41, 5.74) is 5.10. The highest BCUT2D eigenvalue weighted by Crippen LogP contribution is 2.45. The minimum absolute atomic E-state index is 0.0819. The molecule has 4 nitrogen and oxygen atoms in total. The Morgan fingerprint density at radius 2 is 1.60 bits per heavy atom. The first-order chi connectivity index (χ1) is 14.8. The van der Waals surface area contributed by atoms with Gasteiger partial charge in [0.2, 0.25) is 0 Å². The lowest BCUT2D eigenvalue weighted by atomic mass is 9.65. The summed E-state index contributed by atoms with van der Waals surface area (Å²) < 4.78 is 5.93. The molecule has 2 aromatic heterocycles. The monoisotopic (exact) mass is 415 g/mol. The number of aromatic amines is 1. The van der Waals surface area contributed by atoms with E-state index in [1.165, 1.54) is 48.8 Å². The van der Waals surface area contributed by atoms with Gasteiger partial charge in [0.15, 0.2) is 0 Å². The standard InChI is InChI=1S/C25H25N3OS/c1-2-13-25(14-3-1,20-6-4-19(5-7-20)23-12-15-27-28-23)21-8-10-22(11-9-21)29-18-24-26-16-17-30-24/h4-12,15-17H,1-3,13-14,18H2,(H,27,28). The second kappa shape index (κ2) is 8.44. The average Bonchev–Trinajstić information content (AvgIpc) is 3.53. The first-order valence-corrected chi connectivity index (χ1v) is 11.4. The quantitative estimate of drug-likeness (QED) is 0.398. The van der Waals surface area contributed by atoms with Crippen molar-refractivity contribution in [2.24, 2.45) is 0 Å². The number of nitrogens with one attached hydrogen (secondary N) is 1. The van der Waals surface area contributed by atoms with Crippen LogP contribution in [0.2, 0.25) is 0 Å². The molecule has 1 fully saturated rings. The number of H-pyrrole nitrogens is 1. The molecule has 5 heteroatoms. The molecule has 5 rings (SSSR count). The molecule has 0 unspecified atom stereocenters. The van der Waals surface area contributed by atoms with Crippen LogP contribution in [0.1, 0.15) is 48.2 Å². The summed E-state index contributed by atoms with van der Waals surface area (Å²) in [6, 6.07) is 19.8. The Balaban J connectivity index is 1.40. The molecule has 152 valence electrons. The zero-order valence-electron chi connectivity index (χ0n) is 16.9. The summed E-state index contributed by atoms with van der Waals surface area (Å²) >= 11 is 1.62. The molecule has 1 N–H and O–H groups in total. The van der Waals surface area contributed by atoms with Crippen LogP contribution in [-0.2, 0) is 12.0 Å². The van der Waals surface area contributed by atoms with E-state index in [-0.39, 0.29) is 5.41 Å². The zero-order chi connectivity index (χ0) is 20.2. The molecule has 0 bridgehead atoms. The highest BCUT2D eigenvalue weighted by Gasteiger charge is 2.35. The predicted molar refractivity (Wildman–Crippen MR) is 121 cm³/mol. The summed E-state index contributed by atoms with van der Waals surface area (Å²) in [7, 11) is 0. The number of ether oxygens (including phenoxy) is 1. The van der Waals surface area contributed by atoms with Crippen LogP contribution in [0, 0.1) is 0 Å². The largest absolute Gasteiger partial charge is 0.486 e. The van der Waals surface area contributed by atoms with Crippen LogP contribution in [0.15, 0.2) is 72.4 Å². The van der Waals surface area contributed by atoms with Crippen molar-refractivity contribution in [1.82, 2.24) is 15.2 Å². The number of rotatable bonds is 6. The molecule has 0 amide bonds. The molecule has 30 heavy (non-hydrogen) atoms. The minimum atomic E-state index is 0.0819. The molecular weight excluding hydrogens is 390 g/mol. The maximum Gasteiger partial charge on any atom is 0.140 e. The maximum absolute atomic E-state index is 5.93. The summed E-state index contributed by atoms with van der Waals surface area (Å²) in [6.07, 6.45) is 9.85. The van der Waals surface area contributed by atoms with Crippen LogP contribution in [0.3, 0.4) is 0 Å². The van der Waals surface area contributed by atoms with Crippen LogP contribution in [-0.4, -0.2) is 15.2 Å². The second-order valence-electron chi connectivity index (χ2n) is 7.93. The number of benzene rings is 2. The van der Waals surface area contributed by atoms with Crippen LogP contribution in [0.4, 0.5) is 0 Å². The fourth-order valence-electron chi connectivity index (χ4n) is 4.62. The second-order valence-corrected chi connectivity index (χ2v) is 8.91. The van der Waals surface area contributed by atoms with Crippen molar-refractivity contribution in [2.45, 2.75) is 44.1 Å². The van der Waals surface area contributed by atoms with Gasteiger partial charge in [-0.05, 0) is 47.7 Å². The Labute approximate surface area is 181 Å². The van der Waals surface area contributed by atoms with Gasteiger partial charge in [-0.15, -0.1) is 11.3 Å². The van der Waals surface area contributed by atoms with Gasteiger partial charge in [-0.2, -0.15) is 5.10 Å². The first-order valence-electron chi connectivity index (χ1n) is 10.6. The Morgan fingerprint density at radius 3 is 2.23 bits per heavy atom. The van der Waals surface area contributed by atoms with Gasteiger partial charge in [0, 0.05) is 23.2 Å². The van der Waals surface area contributed by atoms with Crippen molar-refractivity contribution in [3.63, 3.8) is 0 Å². The van der Waals surface area contributed by atoms with Gasteiger partial charge in [-0.25, -0.2) is 4.98 Å². The average molecular weight is 416 g/mol. The lowest BCUT2D eigenvalue weighted by Crippen LogP contribution is -2.30. The summed E-state index contributed by atoms with van der Waals surface area (Å²) in [5, 5.41) is 10.1. The smallest absolute Gasteiger partial charge is 0.140 e. The topological polar surface area (TPSA) is 50.8 Å². The van der Waals surface area contributed by atoms with Crippen molar-refractivity contribution >= 4 is 11.3 Å². The predicted octanol–water partition coefficient (Wildman–Crippen LogP) is 6.36. The molecular formula is C25H25N3OS. The van der Waals surface area contributed by atoms with Gasteiger partial charge >= 0.3 is 0 Å². The van der Waals surface area contributed by atoms with Crippen molar-refractivity contribution in [3.8, 4) is 17.0 Å². The maximum atomic E-state index is 5.93. The highest BCUT2D eigenvalue weighted by atomic mass is 32.1. The fourth-order valence-corrected chi connectivity index (χ4v) is 5.15. The number of hydrogen-bond acceptors (Lipinski definition) is 4. The van der Waals surface area contributed by atoms with Crippen molar-refractivity contribution in [1.29, 1.82) is 0 Å². The molecule has 2 aromatic carbocycles. The van der Waals surface area contributed by atoms with Gasteiger partial charge in [-0.1, -0.05) is 55.7 Å². The number of hydrogen-bond donors (Lipinski definition) is 1. The van der Waals surface area contributed by atoms with Crippen molar-refractivity contribution < 1.29 is 4.74 Å². The summed E-state index contributed by atoms with van der Waals surface area (Å²) in [6.45, 7) is 0.525. The van der Waals surface area contributed by atoms with Gasteiger partial charge in [0.25, 0.3) is 0 Å².